The largest absolute Gasteiger partial charge is 0.449 e. The van der Waals surface area contributed by atoms with Gasteiger partial charge in [-0.15, -0.1) is 0 Å². The van der Waals surface area contributed by atoms with Crippen molar-refractivity contribution in [3.05, 3.63) is 70.8 Å². The summed E-state index contributed by atoms with van der Waals surface area (Å²) in [7, 11) is 0. The van der Waals surface area contributed by atoms with E-state index in [1.165, 1.54) is 6.08 Å². The molecule has 5 heteroatoms. The predicted octanol–water partition coefficient (Wildman–Crippen LogP) is 3.87. The van der Waals surface area contributed by atoms with E-state index in [2.05, 4.69) is 0 Å². The first-order valence-electron chi connectivity index (χ1n) is 8.08. The first kappa shape index (κ1) is 17.2. The molecule has 128 valence electrons. The summed E-state index contributed by atoms with van der Waals surface area (Å²) in [4.78, 5) is 26.2. The van der Waals surface area contributed by atoms with Crippen LogP contribution < -0.4 is 4.90 Å². The van der Waals surface area contributed by atoms with Crippen molar-refractivity contribution < 1.29 is 14.3 Å². The lowest BCUT2D eigenvalue weighted by molar-refractivity contribution is -0.149. The number of anilines is 1. The number of hydrogen-bond acceptors (Lipinski definition) is 3. The number of benzene rings is 2. The molecule has 1 aliphatic heterocycles. The number of esters is 1. The second-order valence-corrected chi connectivity index (χ2v) is 6.27. The summed E-state index contributed by atoms with van der Waals surface area (Å²) in [5, 5.41) is 0.590. The lowest BCUT2D eigenvalue weighted by Crippen LogP contribution is -2.38. The summed E-state index contributed by atoms with van der Waals surface area (Å²) >= 11 is 5.90. The van der Waals surface area contributed by atoms with Gasteiger partial charge in [0.15, 0.2) is 6.10 Å². The summed E-state index contributed by atoms with van der Waals surface area (Å²) in [6.07, 6.45) is 2.88. The van der Waals surface area contributed by atoms with Crippen LogP contribution in [-0.4, -0.2) is 24.5 Å². The molecule has 1 atom stereocenters. The van der Waals surface area contributed by atoms with Crippen LogP contribution in [0.15, 0.2) is 54.6 Å². The summed E-state index contributed by atoms with van der Waals surface area (Å²) in [5.41, 5.74) is 2.82. The fourth-order valence-corrected chi connectivity index (χ4v) is 3.02. The fraction of sp³-hybridized carbons (Fsp3) is 0.200. The van der Waals surface area contributed by atoms with Gasteiger partial charge in [-0.3, -0.25) is 4.79 Å². The summed E-state index contributed by atoms with van der Waals surface area (Å²) in [5.74, 6) is -0.775. The molecule has 0 bridgehead atoms. The monoisotopic (exact) mass is 355 g/mol. The molecular formula is C20H18ClNO3. The van der Waals surface area contributed by atoms with E-state index >= 15 is 0 Å². The Morgan fingerprint density at radius 2 is 2.00 bits per heavy atom. The fourth-order valence-electron chi connectivity index (χ4n) is 2.83. The highest BCUT2D eigenvalue weighted by molar-refractivity contribution is 6.30. The van der Waals surface area contributed by atoms with Crippen LogP contribution in [0.25, 0.3) is 6.08 Å². The Bertz CT molecular complexity index is 831. The summed E-state index contributed by atoms with van der Waals surface area (Å²) < 4.78 is 5.24. The van der Waals surface area contributed by atoms with Gasteiger partial charge in [-0.2, -0.15) is 0 Å². The molecule has 1 aliphatic rings. The molecule has 0 aromatic heterocycles. The topological polar surface area (TPSA) is 46.6 Å². The van der Waals surface area contributed by atoms with Crippen molar-refractivity contribution in [2.45, 2.75) is 19.4 Å². The average molecular weight is 356 g/mol. The molecule has 0 radical (unpaired) electrons. The molecule has 4 nitrogen and oxygen atoms in total. The van der Waals surface area contributed by atoms with E-state index in [0.29, 0.717) is 11.6 Å². The third-order valence-corrected chi connectivity index (χ3v) is 4.29. The second kappa shape index (κ2) is 7.53. The number of rotatable bonds is 4. The highest BCUT2D eigenvalue weighted by Gasteiger charge is 2.29. The smallest absolute Gasteiger partial charge is 0.331 e. The van der Waals surface area contributed by atoms with E-state index in [9.17, 15) is 9.59 Å². The molecule has 0 unspecified atom stereocenters. The lowest BCUT2D eigenvalue weighted by atomic mass is 10.2. The van der Waals surface area contributed by atoms with Crippen molar-refractivity contribution >= 4 is 35.2 Å². The van der Waals surface area contributed by atoms with E-state index in [0.717, 1.165) is 23.2 Å². The number of para-hydroxylation sites is 1. The normalized spacial score (nSPS) is 14.4. The van der Waals surface area contributed by atoms with Gasteiger partial charge in [0.25, 0.3) is 5.91 Å². The number of carbonyl (C=O) groups is 2. The van der Waals surface area contributed by atoms with Crippen LogP contribution in [0.2, 0.25) is 5.02 Å². The quantitative estimate of drug-likeness (QED) is 0.617. The Hall–Kier alpha value is -2.59. The van der Waals surface area contributed by atoms with Crippen molar-refractivity contribution in [3.63, 3.8) is 0 Å². The van der Waals surface area contributed by atoms with Crippen molar-refractivity contribution in [2.24, 2.45) is 0 Å². The number of carbonyl (C=O) groups excluding carboxylic acids is 2. The first-order valence-corrected chi connectivity index (χ1v) is 8.46. The second-order valence-electron chi connectivity index (χ2n) is 5.84. The van der Waals surface area contributed by atoms with Crippen LogP contribution in [-0.2, 0) is 20.7 Å². The standard InChI is InChI=1S/C20H18ClNO3/c1-14(20(24)22-12-11-16-6-2-3-8-18(16)22)25-19(23)10-9-15-5-4-7-17(21)13-15/h2-10,13-14H,11-12H2,1H3/b10-9+/t14-/m0/s1. The van der Waals surface area contributed by atoms with E-state index in [1.807, 2.05) is 30.3 Å². The zero-order valence-corrected chi connectivity index (χ0v) is 14.6. The number of fused-ring (bicyclic) bond motifs is 1. The molecule has 0 spiro atoms. The first-order chi connectivity index (χ1) is 12.0. The number of ether oxygens (including phenoxy) is 1. The maximum atomic E-state index is 12.6. The molecule has 3 rings (SSSR count). The van der Waals surface area contributed by atoms with Gasteiger partial charge in [-0.25, -0.2) is 4.79 Å². The minimum Gasteiger partial charge on any atom is -0.449 e. The maximum Gasteiger partial charge on any atom is 0.331 e. The van der Waals surface area contributed by atoms with Gasteiger partial charge in [0.2, 0.25) is 0 Å². The van der Waals surface area contributed by atoms with Gasteiger partial charge in [-0.05, 0) is 48.7 Å². The third kappa shape index (κ3) is 4.09. The Labute approximate surface area is 151 Å². The molecule has 0 saturated heterocycles. The van der Waals surface area contributed by atoms with Crippen molar-refractivity contribution in [3.8, 4) is 0 Å². The maximum absolute atomic E-state index is 12.6. The average Bonchev–Trinajstić information content (AvgIpc) is 3.03. The molecule has 25 heavy (non-hydrogen) atoms. The van der Waals surface area contributed by atoms with E-state index in [1.54, 1.807) is 36.1 Å². The highest BCUT2D eigenvalue weighted by atomic mass is 35.5. The van der Waals surface area contributed by atoms with Crippen LogP contribution >= 0.6 is 11.6 Å². The minimum atomic E-state index is -0.845. The molecule has 1 amide bonds. The van der Waals surface area contributed by atoms with E-state index < -0.39 is 12.1 Å². The van der Waals surface area contributed by atoms with Gasteiger partial charge in [-0.1, -0.05) is 41.9 Å². The van der Waals surface area contributed by atoms with Gasteiger partial charge >= 0.3 is 5.97 Å². The van der Waals surface area contributed by atoms with Crippen molar-refractivity contribution in [1.29, 1.82) is 0 Å². The number of amides is 1. The lowest BCUT2D eigenvalue weighted by Gasteiger charge is -2.21. The molecule has 0 N–H and O–H groups in total. The van der Waals surface area contributed by atoms with Crippen molar-refractivity contribution in [2.75, 3.05) is 11.4 Å². The van der Waals surface area contributed by atoms with Crippen molar-refractivity contribution in [1.82, 2.24) is 0 Å². The van der Waals surface area contributed by atoms with Crippen LogP contribution in [0.1, 0.15) is 18.1 Å². The Morgan fingerprint density at radius 1 is 1.20 bits per heavy atom. The Kier molecular flexibility index (Phi) is 5.19. The predicted molar refractivity (Wildman–Crippen MR) is 98.5 cm³/mol. The molecule has 0 fully saturated rings. The molecule has 1 heterocycles. The van der Waals surface area contributed by atoms with E-state index in [4.69, 9.17) is 16.3 Å². The SMILES string of the molecule is C[C@H](OC(=O)/C=C/c1cccc(Cl)c1)C(=O)N1CCc2ccccc21. The van der Waals surface area contributed by atoms with Gasteiger partial charge in [0.1, 0.15) is 0 Å². The summed E-state index contributed by atoms with van der Waals surface area (Å²) in [6, 6.07) is 14.9. The number of halogens is 1. The minimum absolute atomic E-state index is 0.213. The molecule has 2 aromatic rings. The molecule has 0 aliphatic carbocycles. The van der Waals surface area contributed by atoms with Gasteiger partial charge in [0.05, 0.1) is 0 Å². The number of hydrogen-bond donors (Lipinski definition) is 0. The Morgan fingerprint density at radius 3 is 2.80 bits per heavy atom. The van der Waals surface area contributed by atoms with Crippen LogP contribution in [0.4, 0.5) is 5.69 Å². The van der Waals surface area contributed by atoms with Gasteiger partial charge < -0.3 is 9.64 Å². The Balaban J connectivity index is 1.61. The molecular weight excluding hydrogens is 338 g/mol. The highest BCUT2D eigenvalue weighted by Crippen LogP contribution is 2.28. The zero-order valence-electron chi connectivity index (χ0n) is 13.8. The van der Waals surface area contributed by atoms with E-state index in [-0.39, 0.29) is 5.91 Å². The third-order valence-electron chi connectivity index (χ3n) is 4.05. The van der Waals surface area contributed by atoms with Crippen LogP contribution in [0.3, 0.4) is 0 Å². The molecule has 0 saturated carbocycles. The summed E-state index contributed by atoms with van der Waals surface area (Å²) in [6.45, 7) is 2.20. The van der Waals surface area contributed by atoms with Crippen LogP contribution in [0.5, 0.6) is 0 Å². The molecule has 2 aromatic carbocycles. The number of nitrogens with zero attached hydrogens (tertiary/aromatic N) is 1. The van der Waals surface area contributed by atoms with Crippen LogP contribution in [0, 0.1) is 0 Å². The zero-order chi connectivity index (χ0) is 17.8. The van der Waals surface area contributed by atoms with Gasteiger partial charge in [0, 0.05) is 23.3 Å².